The smallest absolute Gasteiger partial charge is 0.272 e. The molecule has 1 aromatic heterocycles. The number of benzene rings is 2. The summed E-state index contributed by atoms with van der Waals surface area (Å²) in [4.78, 5) is 19.0. The molecule has 31 heavy (non-hydrogen) atoms. The number of fused-ring (bicyclic) bond motifs is 1. The molecule has 1 aliphatic rings. The molecular formula is C20H19BrF2N4O3S. The number of halogens is 3. The van der Waals surface area contributed by atoms with Crippen LogP contribution in [-0.2, 0) is 10.0 Å². The lowest BCUT2D eigenvalue weighted by atomic mass is 10.2. The first-order chi connectivity index (χ1) is 14.7. The second-order valence-electron chi connectivity index (χ2n) is 7.32. The number of piperazine rings is 1. The van der Waals surface area contributed by atoms with E-state index in [-0.39, 0.29) is 21.8 Å². The van der Waals surface area contributed by atoms with Crippen molar-refractivity contribution < 1.29 is 22.0 Å². The van der Waals surface area contributed by atoms with Crippen molar-refractivity contribution in [3.63, 3.8) is 0 Å². The summed E-state index contributed by atoms with van der Waals surface area (Å²) in [5, 5.41) is 0.446. The first-order valence-corrected chi connectivity index (χ1v) is 11.7. The molecule has 3 aromatic rings. The van der Waals surface area contributed by atoms with Crippen molar-refractivity contribution in [3.8, 4) is 0 Å². The number of para-hydroxylation sites is 1. The fourth-order valence-electron chi connectivity index (χ4n) is 3.48. The average molecular weight is 513 g/mol. The topological polar surface area (TPSA) is 85.5 Å². The third-order valence-corrected chi connectivity index (χ3v) is 7.18. The van der Waals surface area contributed by atoms with Crippen LogP contribution in [0.15, 0.2) is 45.8 Å². The number of H-pyrrole nitrogens is 1. The first-order valence-electron chi connectivity index (χ1n) is 9.43. The molecule has 164 valence electrons. The molecule has 0 aliphatic carbocycles. The largest absolute Gasteiger partial charge is 0.349 e. The molecule has 7 nitrogen and oxygen atoms in total. The van der Waals surface area contributed by atoms with E-state index >= 15 is 0 Å². The van der Waals surface area contributed by atoms with E-state index in [2.05, 4.69) is 30.5 Å². The van der Waals surface area contributed by atoms with Gasteiger partial charge in [-0.05, 0) is 41.2 Å². The Morgan fingerprint density at radius 2 is 1.77 bits per heavy atom. The summed E-state index contributed by atoms with van der Waals surface area (Å²) in [6, 6.07) is 8.12. The molecular weight excluding hydrogens is 494 g/mol. The molecule has 11 heteroatoms. The molecule has 2 N–H and O–H groups in total. The Balaban J connectivity index is 1.77. The Morgan fingerprint density at radius 1 is 1.10 bits per heavy atom. The summed E-state index contributed by atoms with van der Waals surface area (Å²) in [5.41, 5.74) is 0.592. The Hall–Kier alpha value is -2.50. The second kappa shape index (κ2) is 8.21. The molecule has 0 radical (unpaired) electrons. The summed E-state index contributed by atoms with van der Waals surface area (Å²) < 4.78 is 56.3. The third kappa shape index (κ3) is 4.17. The molecule has 0 bridgehead atoms. The lowest BCUT2D eigenvalue weighted by molar-refractivity contribution is 0.0660. The van der Waals surface area contributed by atoms with Gasteiger partial charge in [0.2, 0.25) is 0 Å². The zero-order chi connectivity index (χ0) is 22.3. The Morgan fingerprint density at radius 3 is 2.48 bits per heavy atom. The highest BCUT2D eigenvalue weighted by Crippen LogP contribution is 2.32. The normalized spacial score (nSPS) is 15.4. The lowest BCUT2D eigenvalue weighted by Gasteiger charge is -2.32. The summed E-state index contributed by atoms with van der Waals surface area (Å²) in [6.07, 6.45) is 0. The Kier molecular flexibility index (Phi) is 5.75. The Labute approximate surface area is 186 Å². The molecule has 2 heterocycles. The van der Waals surface area contributed by atoms with Crippen LogP contribution in [0.2, 0.25) is 0 Å². The minimum Gasteiger partial charge on any atom is -0.349 e. The highest BCUT2D eigenvalue weighted by Gasteiger charge is 2.29. The van der Waals surface area contributed by atoms with Gasteiger partial charge in [0, 0.05) is 37.1 Å². The van der Waals surface area contributed by atoms with Crippen LogP contribution in [0.4, 0.5) is 14.5 Å². The number of rotatable bonds is 4. The highest BCUT2D eigenvalue weighted by molar-refractivity contribution is 9.10. The number of carbonyl (C=O) groups is 1. The number of hydrogen-bond donors (Lipinski definition) is 2. The maximum atomic E-state index is 14.4. The van der Waals surface area contributed by atoms with Gasteiger partial charge in [0.25, 0.3) is 15.9 Å². The molecule has 0 saturated carbocycles. The standard InChI is InChI=1S/C20H19BrF2N4O3S/c1-26-6-8-27(9-7-26)20(28)19-18(12-4-2-3-5-16(12)24-19)25-31(29,30)17-11-14(22)13(21)10-15(17)23/h2-5,10-11,24-25H,6-9H2,1H3. The molecule has 0 unspecified atom stereocenters. The van der Waals surface area contributed by atoms with E-state index in [9.17, 15) is 22.0 Å². The molecule has 2 aromatic carbocycles. The Bertz CT molecular complexity index is 1270. The predicted molar refractivity (Wildman–Crippen MR) is 117 cm³/mol. The van der Waals surface area contributed by atoms with E-state index in [1.165, 1.54) is 0 Å². The summed E-state index contributed by atoms with van der Waals surface area (Å²) in [5.74, 6) is -2.41. The summed E-state index contributed by atoms with van der Waals surface area (Å²) in [6.45, 7) is 2.36. The molecule has 1 saturated heterocycles. The van der Waals surface area contributed by atoms with Crippen molar-refractivity contribution in [2.45, 2.75) is 4.90 Å². The van der Waals surface area contributed by atoms with Crippen molar-refractivity contribution in [1.29, 1.82) is 0 Å². The van der Waals surface area contributed by atoms with E-state index in [0.29, 0.717) is 43.1 Å². The maximum Gasteiger partial charge on any atom is 0.272 e. The number of anilines is 1. The number of nitrogens with zero attached hydrogens (tertiary/aromatic N) is 2. The zero-order valence-corrected chi connectivity index (χ0v) is 18.9. The number of sulfonamides is 1. The van der Waals surface area contributed by atoms with Crippen molar-refractivity contribution >= 4 is 48.5 Å². The van der Waals surface area contributed by atoms with Gasteiger partial charge in [-0.2, -0.15) is 0 Å². The van der Waals surface area contributed by atoms with Gasteiger partial charge in [-0.15, -0.1) is 0 Å². The highest BCUT2D eigenvalue weighted by atomic mass is 79.9. The minimum absolute atomic E-state index is 0.00209. The van der Waals surface area contributed by atoms with Crippen LogP contribution < -0.4 is 4.72 Å². The first kappa shape index (κ1) is 21.7. The van der Waals surface area contributed by atoms with Gasteiger partial charge in [0.1, 0.15) is 22.2 Å². The van der Waals surface area contributed by atoms with E-state index in [1.54, 1.807) is 29.2 Å². The number of nitrogens with one attached hydrogen (secondary N) is 2. The summed E-state index contributed by atoms with van der Waals surface area (Å²) >= 11 is 2.83. The van der Waals surface area contributed by atoms with Gasteiger partial charge < -0.3 is 14.8 Å². The summed E-state index contributed by atoms with van der Waals surface area (Å²) in [7, 11) is -2.57. The molecule has 0 atom stereocenters. The second-order valence-corrected chi connectivity index (χ2v) is 9.82. The van der Waals surface area contributed by atoms with Gasteiger partial charge in [-0.3, -0.25) is 9.52 Å². The lowest BCUT2D eigenvalue weighted by Crippen LogP contribution is -2.47. The molecule has 0 spiro atoms. The van der Waals surface area contributed by atoms with Crippen LogP contribution in [0.25, 0.3) is 10.9 Å². The van der Waals surface area contributed by atoms with Crippen LogP contribution in [-0.4, -0.2) is 62.3 Å². The van der Waals surface area contributed by atoms with Crippen LogP contribution in [0.3, 0.4) is 0 Å². The molecule has 1 fully saturated rings. The van der Waals surface area contributed by atoms with E-state index in [4.69, 9.17) is 0 Å². The third-order valence-electron chi connectivity index (χ3n) is 5.21. The number of likely N-dealkylation sites (N-methyl/N-ethyl adjacent to an activating group) is 1. The molecule has 1 aliphatic heterocycles. The molecule has 4 rings (SSSR count). The van der Waals surface area contributed by atoms with Crippen molar-refractivity contribution in [2.24, 2.45) is 0 Å². The SMILES string of the molecule is CN1CCN(C(=O)c2[nH]c3ccccc3c2NS(=O)(=O)c2cc(F)c(Br)cc2F)CC1. The fourth-order valence-corrected chi connectivity index (χ4v) is 4.96. The number of aromatic nitrogens is 1. The maximum absolute atomic E-state index is 14.4. The van der Waals surface area contributed by atoms with Crippen LogP contribution in [0.5, 0.6) is 0 Å². The van der Waals surface area contributed by atoms with Crippen molar-refractivity contribution in [1.82, 2.24) is 14.8 Å². The number of amides is 1. The predicted octanol–water partition coefficient (Wildman–Crippen LogP) is 3.40. The van der Waals surface area contributed by atoms with E-state index in [0.717, 1.165) is 6.07 Å². The van der Waals surface area contributed by atoms with Crippen LogP contribution in [0, 0.1) is 11.6 Å². The van der Waals surface area contributed by atoms with Gasteiger partial charge in [0.05, 0.1) is 10.2 Å². The van der Waals surface area contributed by atoms with Crippen molar-refractivity contribution in [2.75, 3.05) is 37.9 Å². The molecule has 1 amide bonds. The number of aromatic amines is 1. The van der Waals surface area contributed by atoms with Gasteiger partial charge in [-0.1, -0.05) is 18.2 Å². The number of carbonyl (C=O) groups excluding carboxylic acids is 1. The van der Waals surface area contributed by atoms with Crippen LogP contribution >= 0.6 is 15.9 Å². The monoisotopic (exact) mass is 512 g/mol. The number of hydrogen-bond acceptors (Lipinski definition) is 4. The van der Waals surface area contributed by atoms with Gasteiger partial charge in [-0.25, -0.2) is 17.2 Å². The van der Waals surface area contributed by atoms with Crippen molar-refractivity contribution in [3.05, 3.63) is 58.2 Å². The van der Waals surface area contributed by atoms with Crippen LogP contribution in [0.1, 0.15) is 10.5 Å². The van der Waals surface area contributed by atoms with E-state index < -0.39 is 26.6 Å². The zero-order valence-electron chi connectivity index (χ0n) is 16.5. The van der Waals surface area contributed by atoms with Gasteiger partial charge >= 0.3 is 0 Å². The van der Waals surface area contributed by atoms with Gasteiger partial charge in [0.15, 0.2) is 0 Å². The average Bonchev–Trinajstić information content (AvgIpc) is 3.08. The fraction of sp³-hybridized carbons (Fsp3) is 0.250. The minimum atomic E-state index is -4.52. The quantitative estimate of drug-likeness (QED) is 0.524. The van der Waals surface area contributed by atoms with E-state index in [1.807, 2.05) is 7.05 Å².